The van der Waals surface area contributed by atoms with Gasteiger partial charge in [0, 0.05) is 23.3 Å². The number of nitrogens with two attached hydrogens (primary N) is 1. The molecule has 0 aromatic carbocycles. The summed E-state index contributed by atoms with van der Waals surface area (Å²) in [5.41, 5.74) is 6.45. The number of esters is 1. The molecule has 0 unspecified atom stereocenters. The Morgan fingerprint density at radius 2 is 2.41 bits per heavy atom. The molecule has 0 spiro atoms. The maximum absolute atomic E-state index is 11.1. The first kappa shape index (κ1) is 13.8. The summed E-state index contributed by atoms with van der Waals surface area (Å²) in [6.45, 7) is 2.44. The van der Waals surface area contributed by atoms with Gasteiger partial charge in [-0.25, -0.2) is 0 Å². The van der Waals surface area contributed by atoms with E-state index in [4.69, 9.17) is 10.5 Å². The second-order valence-electron chi connectivity index (χ2n) is 3.59. The van der Waals surface area contributed by atoms with Crippen LogP contribution < -0.4 is 5.73 Å². The van der Waals surface area contributed by atoms with Crippen LogP contribution in [0, 0.1) is 0 Å². The molecule has 4 nitrogen and oxygen atoms in total. The molecule has 5 heteroatoms. The van der Waals surface area contributed by atoms with Crippen molar-refractivity contribution in [2.45, 2.75) is 31.1 Å². The van der Waals surface area contributed by atoms with E-state index in [1.165, 1.54) is 0 Å². The topological polar surface area (TPSA) is 65.2 Å². The molecule has 17 heavy (non-hydrogen) atoms. The molecule has 0 bridgehead atoms. The molecule has 0 saturated heterocycles. The third-order valence-corrected chi connectivity index (χ3v) is 3.25. The van der Waals surface area contributed by atoms with Crippen LogP contribution in [0.1, 0.15) is 26.2 Å². The molecule has 1 rings (SSSR count). The molecule has 0 amide bonds. The Kier molecular flexibility index (Phi) is 6.47. The van der Waals surface area contributed by atoms with E-state index in [0.717, 1.165) is 23.5 Å². The van der Waals surface area contributed by atoms with Crippen molar-refractivity contribution in [1.29, 1.82) is 0 Å². The molecule has 0 aliphatic rings. The third kappa shape index (κ3) is 5.58. The Labute approximate surface area is 106 Å². The van der Waals surface area contributed by atoms with Crippen LogP contribution in [0.5, 0.6) is 0 Å². The molecule has 0 radical (unpaired) electrons. The van der Waals surface area contributed by atoms with Crippen molar-refractivity contribution >= 4 is 23.4 Å². The number of nitrogens with zero attached hydrogens (tertiary/aromatic N) is 1. The highest BCUT2D eigenvalue weighted by Crippen LogP contribution is 2.23. The largest absolute Gasteiger partial charge is 0.466 e. The van der Waals surface area contributed by atoms with E-state index in [9.17, 15) is 4.79 Å². The molecule has 1 aromatic heterocycles. The predicted octanol–water partition coefficient (Wildman–Crippen LogP) is 2.49. The van der Waals surface area contributed by atoms with Crippen molar-refractivity contribution in [2.75, 3.05) is 18.1 Å². The summed E-state index contributed by atoms with van der Waals surface area (Å²) in [4.78, 5) is 16.0. The Morgan fingerprint density at radius 3 is 3.12 bits per heavy atom. The minimum atomic E-state index is -0.110. The average Bonchev–Trinajstić information content (AvgIpc) is 2.31. The fourth-order valence-electron chi connectivity index (χ4n) is 1.23. The van der Waals surface area contributed by atoms with Gasteiger partial charge in [0.25, 0.3) is 0 Å². The standard InChI is InChI=1S/C12H18N2O2S/c1-2-4-12(15)16-7-3-8-17-11-5-6-14-9-10(11)13/h5-6,9H,2-4,7-8,13H2,1H3. The lowest BCUT2D eigenvalue weighted by atomic mass is 10.3. The number of aromatic nitrogens is 1. The number of ether oxygens (including phenoxy) is 1. The fourth-order valence-corrected chi connectivity index (χ4v) is 2.09. The second-order valence-corrected chi connectivity index (χ2v) is 4.72. The second kappa shape index (κ2) is 7.95. The molecule has 0 saturated carbocycles. The summed E-state index contributed by atoms with van der Waals surface area (Å²) >= 11 is 1.66. The highest BCUT2D eigenvalue weighted by Gasteiger charge is 2.01. The minimum Gasteiger partial charge on any atom is -0.466 e. The lowest BCUT2D eigenvalue weighted by Gasteiger charge is -2.05. The van der Waals surface area contributed by atoms with Crippen molar-refractivity contribution in [3.8, 4) is 0 Å². The summed E-state index contributed by atoms with van der Waals surface area (Å²) in [5, 5.41) is 0. The van der Waals surface area contributed by atoms with Crippen LogP contribution in [0.25, 0.3) is 0 Å². The highest BCUT2D eigenvalue weighted by molar-refractivity contribution is 7.99. The first-order valence-electron chi connectivity index (χ1n) is 5.72. The van der Waals surface area contributed by atoms with Gasteiger partial charge in [0.2, 0.25) is 0 Å². The Balaban J connectivity index is 2.13. The molecule has 0 atom stereocenters. The summed E-state index contributed by atoms with van der Waals surface area (Å²) < 4.78 is 5.05. The number of pyridine rings is 1. The molecular formula is C12H18N2O2S. The number of thioether (sulfide) groups is 1. The summed E-state index contributed by atoms with van der Waals surface area (Å²) in [6, 6.07) is 1.89. The number of nitrogen functional groups attached to an aromatic ring is 1. The smallest absolute Gasteiger partial charge is 0.305 e. The van der Waals surface area contributed by atoms with Crippen LogP contribution in [0.2, 0.25) is 0 Å². The van der Waals surface area contributed by atoms with Crippen LogP contribution >= 0.6 is 11.8 Å². The van der Waals surface area contributed by atoms with Gasteiger partial charge < -0.3 is 10.5 Å². The molecule has 94 valence electrons. The maximum atomic E-state index is 11.1. The van der Waals surface area contributed by atoms with Crippen LogP contribution in [-0.2, 0) is 9.53 Å². The highest BCUT2D eigenvalue weighted by atomic mass is 32.2. The zero-order valence-electron chi connectivity index (χ0n) is 10.0. The van der Waals surface area contributed by atoms with Gasteiger partial charge in [-0.1, -0.05) is 6.92 Å². The van der Waals surface area contributed by atoms with Crippen LogP contribution in [0.4, 0.5) is 5.69 Å². The van der Waals surface area contributed by atoms with Crippen molar-refractivity contribution in [3.63, 3.8) is 0 Å². The normalized spacial score (nSPS) is 10.2. The van der Waals surface area contributed by atoms with E-state index in [0.29, 0.717) is 18.7 Å². The van der Waals surface area contributed by atoms with Crippen LogP contribution in [0.3, 0.4) is 0 Å². The van der Waals surface area contributed by atoms with Gasteiger partial charge in [-0.3, -0.25) is 9.78 Å². The molecule has 1 heterocycles. The number of anilines is 1. The fraction of sp³-hybridized carbons (Fsp3) is 0.500. The minimum absolute atomic E-state index is 0.110. The maximum Gasteiger partial charge on any atom is 0.305 e. The van der Waals surface area contributed by atoms with Crippen molar-refractivity contribution < 1.29 is 9.53 Å². The number of hydrogen-bond acceptors (Lipinski definition) is 5. The Bertz CT molecular complexity index is 358. The van der Waals surface area contributed by atoms with Gasteiger partial charge >= 0.3 is 5.97 Å². The third-order valence-electron chi connectivity index (χ3n) is 2.07. The number of hydrogen-bond donors (Lipinski definition) is 1. The SMILES string of the molecule is CCCC(=O)OCCCSc1ccncc1N. The van der Waals surface area contributed by atoms with Crippen molar-refractivity contribution in [1.82, 2.24) is 4.98 Å². The number of carbonyl (C=O) groups excluding carboxylic acids is 1. The Morgan fingerprint density at radius 1 is 1.59 bits per heavy atom. The van der Waals surface area contributed by atoms with E-state index >= 15 is 0 Å². The van der Waals surface area contributed by atoms with E-state index in [1.807, 2.05) is 13.0 Å². The van der Waals surface area contributed by atoms with Gasteiger partial charge in [0.15, 0.2) is 0 Å². The molecule has 0 aliphatic carbocycles. The Hall–Kier alpha value is -1.23. The number of rotatable bonds is 7. The summed E-state index contributed by atoms with van der Waals surface area (Å²) in [6.07, 6.45) is 5.54. The first-order valence-corrected chi connectivity index (χ1v) is 6.70. The molecule has 0 aliphatic heterocycles. The number of carbonyl (C=O) groups is 1. The monoisotopic (exact) mass is 254 g/mol. The van der Waals surface area contributed by atoms with Gasteiger partial charge in [-0.2, -0.15) is 0 Å². The summed E-state index contributed by atoms with van der Waals surface area (Å²) in [7, 11) is 0. The van der Waals surface area contributed by atoms with Gasteiger partial charge in [0.1, 0.15) is 0 Å². The first-order chi connectivity index (χ1) is 8.24. The zero-order valence-corrected chi connectivity index (χ0v) is 10.8. The molecule has 2 N–H and O–H groups in total. The van der Waals surface area contributed by atoms with E-state index in [1.54, 1.807) is 24.2 Å². The van der Waals surface area contributed by atoms with Gasteiger partial charge in [-0.05, 0) is 18.9 Å². The average molecular weight is 254 g/mol. The van der Waals surface area contributed by atoms with Crippen LogP contribution in [-0.4, -0.2) is 23.3 Å². The van der Waals surface area contributed by atoms with E-state index < -0.39 is 0 Å². The predicted molar refractivity (Wildman–Crippen MR) is 69.9 cm³/mol. The lowest BCUT2D eigenvalue weighted by molar-refractivity contribution is -0.143. The van der Waals surface area contributed by atoms with Gasteiger partial charge in [0.05, 0.1) is 18.5 Å². The van der Waals surface area contributed by atoms with E-state index in [-0.39, 0.29) is 5.97 Å². The molecule has 0 fully saturated rings. The van der Waals surface area contributed by atoms with Crippen molar-refractivity contribution in [3.05, 3.63) is 18.5 Å². The summed E-state index contributed by atoms with van der Waals surface area (Å²) in [5.74, 6) is 0.772. The van der Waals surface area contributed by atoms with Crippen molar-refractivity contribution in [2.24, 2.45) is 0 Å². The quantitative estimate of drug-likeness (QED) is 0.460. The molecule has 1 aromatic rings. The van der Waals surface area contributed by atoms with E-state index in [2.05, 4.69) is 4.98 Å². The molecular weight excluding hydrogens is 236 g/mol. The lowest BCUT2D eigenvalue weighted by Crippen LogP contribution is -2.05. The van der Waals surface area contributed by atoms with Gasteiger partial charge in [-0.15, -0.1) is 11.8 Å². The zero-order chi connectivity index (χ0) is 12.5. The van der Waals surface area contributed by atoms with Crippen LogP contribution in [0.15, 0.2) is 23.4 Å².